The van der Waals surface area contributed by atoms with Gasteiger partial charge < -0.3 is 14.4 Å². The predicted molar refractivity (Wildman–Crippen MR) is 105 cm³/mol. The summed E-state index contributed by atoms with van der Waals surface area (Å²) in [6.07, 6.45) is 4.27. The second-order valence-electron chi connectivity index (χ2n) is 9.50. The number of rotatable bonds is 3. The van der Waals surface area contributed by atoms with Gasteiger partial charge in [-0.25, -0.2) is 9.80 Å². The Hall–Kier alpha value is -0.970. The summed E-state index contributed by atoms with van der Waals surface area (Å²) in [7, 11) is 1.45. The average molecular weight is 410 g/mol. The van der Waals surface area contributed by atoms with Crippen molar-refractivity contribution in [3.63, 3.8) is 0 Å². The van der Waals surface area contributed by atoms with Gasteiger partial charge in [0.05, 0.1) is 32.5 Å². The van der Waals surface area contributed by atoms with E-state index in [1.54, 1.807) is 4.90 Å². The Balaban J connectivity index is 1.16. The number of hydrogen-bond donors (Lipinski definition) is 3. The van der Waals surface area contributed by atoms with Gasteiger partial charge in [0.25, 0.3) is 0 Å². The summed E-state index contributed by atoms with van der Waals surface area (Å²) in [5.41, 5.74) is 6.92. The van der Waals surface area contributed by atoms with Gasteiger partial charge in [0, 0.05) is 31.6 Å². The van der Waals surface area contributed by atoms with Crippen LogP contribution in [0, 0.1) is 23.7 Å². The first kappa shape index (κ1) is 20.0. The van der Waals surface area contributed by atoms with Gasteiger partial charge in [0.15, 0.2) is 0 Å². The fourth-order valence-corrected chi connectivity index (χ4v) is 6.03. The highest BCUT2D eigenvalue weighted by molar-refractivity contribution is 5.67. The third kappa shape index (κ3) is 3.77. The van der Waals surface area contributed by atoms with E-state index >= 15 is 0 Å². The number of carbonyl (C=O) groups is 1. The van der Waals surface area contributed by atoms with Gasteiger partial charge in [-0.1, -0.05) is 6.92 Å². The van der Waals surface area contributed by atoms with E-state index in [0.29, 0.717) is 29.8 Å². The lowest BCUT2D eigenvalue weighted by Gasteiger charge is -2.44. The fourth-order valence-electron chi connectivity index (χ4n) is 6.03. The Morgan fingerprint density at radius 3 is 2.62 bits per heavy atom. The van der Waals surface area contributed by atoms with Gasteiger partial charge in [-0.2, -0.15) is 5.48 Å². The number of fused-ring (bicyclic) bond motifs is 1. The fraction of sp³-hybridized carbons (Fsp3) is 0.950. The van der Waals surface area contributed by atoms with Crippen molar-refractivity contribution in [2.45, 2.75) is 57.1 Å². The Morgan fingerprint density at radius 2 is 1.93 bits per heavy atom. The zero-order valence-electron chi connectivity index (χ0n) is 17.5. The quantitative estimate of drug-likeness (QED) is 0.621. The Morgan fingerprint density at radius 1 is 1.14 bits per heavy atom. The lowest BCUT2D eigenvalue weighted by atomic mass is 9.71. The molecule has 9 nitrogen and oxygen atoms in total. The molecule has 3 N–H and O–H groups in total. The number of nitrogens with one attached hydrogen (secondary N) is 3. The van der Waals surface area contributed by atoms with Crippen LogP contribution >= 0.6 is 0 Å². The van der Waals surface area contributed by atoms with Crippen LogP contribution in [0.5, 0.6) is 0 Å². The van der Waals surface area contributed by atoms with Crippen molar-refractivity contribution in [2.24, 2.45) is 23.7 Å². The van der Waals surface area contributed by atoms with E-state index in [2.05, 4.69) is 28.2 Å². The van der Waals surface area contributed by atoms with Crippen LogP contribution < -0.4 is 16.2 Å². The van der Waals surface area contributed by atoms with Crippen molar-refractivity contribution in [3.8, 4) is 0 Å². The lowest BCUT2D eigenvalue weighted by molar-refractivity contribution is -0.104. The third-order valence-corrected chi connectivity index (χ3v) is 7.86. The molecular weight excluding hydrogens is 374 g/mol. The van der Waals surface area contributed by atoms with Crippen molar-refractivity contribution < 1.29 is 19.1 Å². The summed E-state index contributed by atoms with van der Waals surface area (Å²) in [6, 6.07) is 1.10. The van der Waals surface area contributed by atoms with Crippen LogP contribution in [0.2, 0.25) is 0 Å². The van der Waals surface area contributed by atoms with Gasteiger partial charge in [-0.05, 0) is 43.4 Å². The number of hydrazine groups is 1. The number of piperidine rings is 1. The molecule has 5 aliphatic rings. The van der Waals surface area contributed by atoms with Crippen LogP contribution in [-0.4, -0.2) is 80.4 Å². The summed E-state index contributed by atoms with van der Waals surface area (Å²) in [5, 5.41) is 6.21. The number of carbonyl (C=O) groups excluding carboxylic acids is 1. The van der Waals surface area contributed by atoms with E-state index in [9.17, 15) is 4.79 Å². The first-order chi connectivity index (χ1) is 14.1. The van der Waals surface area contributed by atoms with Crippen LogP contribution in [0.15, 0.2) is 0 Å². The smallest absolute Gasteiger partial charge is 0.409 e. The summed E-state index contributed by atoms with van der Waals surface area (Å²) in [5.74, 6) is 2.37. The predicted octanol–water partition coefficient (Wildman–Crippen LogP) is 0.491. The Labute approximate surface area is 172 Å². The molecule has 5 rings (SSSR count). The maximum Gasteiger partial charge on any atom is 0.409 e. The number of hydrogen-bond acceptors (Lipinski definition) is 8. The van der Waals surface area contributed by atoms with Crippen molar-refractivity contribution in [2.75, 3.05) is 40.0 Å². The normalized spacial score (nSPS) is 41.9. The number of amides is 1. The molecule has 0 aromatic carbocycles. The highest BCUT2D eigenvalue weighted by Gasteiger charge is 2.49. The lowest BCUT2D eigenvalue weighted by Crippen LogP contribution is -2.57. The van der Waals surface area contributed by atoms with Crippen LogP contribution in [0.25, 0.3) is 0 Å². The molecule has 4 aliphatic heterocycles. The molecular formula is C20H35N5O4. The number of ether oxygens (including phenoxy) is 2. The molecule has 4 heterocycles. The minimum absolute atomic E-state index is 0.0575. The topological polar surface area (TPSA) is 87.3 Å². The molecule has 0 aromatic rings. The van der Waals surface area contributed by atoms with Crippen molar-refractivity contribution in [1.29, 1.82) is 0 Å². The minimum atomic E-state index is -0.220. The van der Waals surface area contributed by atoms with Crippen LogP contribution in [0.4, 0.5) is 4.79 Å². The van der Waals surface area contributed by atoms with E-state index in [1.807, 2.05) is 0 Å². The maximum atomic E-state index is 11.7. The highest BCUT2D eigenvalue weighted by Crippen LogP contribution is 2.42. The SMILES string of the molecule is COC(=O)N1CCC(C2NOC(C3CC(C)C4CNN(C5COC5)C4C3)N2)CC1. The molecule has 0 radical (unpaired) electrons. The standard InChI is InChI=1S/C20H35N5O4/c1-12-7-14(8-17-16(12)9-21-25(17)15-10-28-11-15)19-22-18(23-29-19)13-3-5-24(6-4-13)20(26)27-2/h12-19,21-23H,3-11H2,1-2H3. The molecule has 1 amide bonds. The summed E-state index contributed by atoms with van der Waals surface area (Å²) >= 11 is 0. The van der Waals surface area contributed by atoms with E-state index in [0.717, 1.165) is 58.0 Å². The van der Waals surface area contributed by atoms with E-state index < -0.39 is 0 Å². The number of methoxy groups -OCH3 is 1. The van der Waals surface area contributed by atoms with Crippen molar-refractivity contribution in [1.82, 2.24) is 26.1 Å². The molecule has 9 heteroatoms. The molecule has 0 bridgehead atoms. The van der Waals surface area contributed by atoms with Gasteiger partial charge in [0.1, 0.15) is 6.23 Å². The molecule has 4 saturated heterocycles. The van der Waals surface area contributed by atoms with Gasteiger partial charge >= 0.3 is 6.09 Å². The number of nitrogens with zero attached hydrogens (tertiary/aromatic N) is 2. The summed E-state index contributed by atoms with van der Waals surface area (Å²) < 4.78 is 10.3. The molecule has 1 aliphatic carbocycles. The molecule has 5 fully saturated rings. The molecule has 1 saturated carbocycles. The molecule has 164 valence electrons. The van der Waals surface area contributed by atoms with Gasteiger partial charge in [0.2, 0.25) is 0 Å². The first-order valence-corrected chi connectivity index (χ1v) is 11.2. The first-order valence-electron chi connectivity index (χ1n) is 11.2. The molecule has 0 spiro atoms. The molecule has 6 unspecified atom stereocenters. The summed E-state index contributed by atoms with van der Waals surface area (Å²) in [6.45, 7) is 6.68. The minimum Gasteiger partial charge on any atom is -0.453 e. The molecule has 0 aromatic heterocycles. The van der Waals surface area contributed by atoms with Crippen molar-refractivity contribution in [3.05, 3.63) is 0 Å². The Kier molecular flexibility index (Phi) is 5.70. The third-order valence-electron chi connectivity index (χ3n) is 7.86. The van der Waals surface area contributed by atoms with Crippen LogP contribution in [0.1, 0.15) is 32.6 Å². The van der Waals surface area contributed by atoms with Crippen molar-refractivity contribution >= 4 is 6.09 Å². The zero-order valence-corrected chi connectivity index (χ0v) is 17.5. The molecule has 6 atom stereocenters. The van der Waals surface area contributed by atoms with E-state index in [1.165, 1.54) is 13.5 Å². The second-order valence-corrected chi connectivity index (χ2v) is 9.50. The van der Waals surface area contributed by atoms with Crippen LogP contribution in [-0.2, 0) is 14.3 Å². The number of hydroxylamine groups is 1. The highest BCUT2D eigenvalue weighted by atomic mass is 16.7. The molecule has 29 heavy (non-hydrogen) atoms. The van der Waals surface area contributed by atoms with Gasteiger partial charge in [-0.3, -0.25) is 15.6 Å². The van der Waals surface area contributed by atoms with Gasteiger partial charge in [-0.15, -0.1) is 0 Å². The maximum absolute atomic E-state index is 11.7. The van der Waals surface area contributed by atoms with E-state index in [-0.39, 0.29) is 18.5 Å². The zero-order chi connectivity index (χ0) is 20.0. The second kappa shape index (κ2) is 8.28. The monoisotopic (exact) mass is 409 g/mol. The summed E-state index contributed by atoms with van der Waals surface area (Å²) in [4.78, 5) is 19.6. The average Bonchev–Trinajstić information content (AvgIpc) is 3.34. The Bertz CT molecular complexity index is 597. The van der Waals surface area contributed by atoms with Crippen LogP contribution in [0.3, 0.4) is 0 Å². The number of likely N-dealkylation sites (tertiary alicyclic amines) is 1. The largest absolute Gasteiger partial charge is 0.453 e. The van der Waals surface area contributed by atoms with E-state index in [4.69, 9.17) is 14.3 Å².